The van der Waals surface area contributed by atoms with Crippen LogP contribution in [-0.4, -0.2) is 34.6 Å². The van der Waals surface area contributed by atoms with Crippen LogP contribution in [-0.2, 0) is 16.0 Å². The van der Waals surface area contributed by atoms with E-state index in [4.69, 9.17) is 0 Å². The van der Waals surface area contributed by atoms with E-state index in [0.29, 0.717) is 5.69 Å². The molecule has 3 rings (SSSR count). The van der Waals surface area contributed by atoms with Crippen molar-refractivity contribution in [3.05, 3.63) is 47.8 Å². The molecule has 8 heteroatoms. The summed E-state index contributed by atoms with van der Waals surface area (Å²) < 4.78 is 27.6. The van der Waals surface area contributed by atoms with Crippen LogP contribution in [0.2, 0.25) is 0 Å². The summed E-state index contributed by atoms with van der Waals surface area (Å²) in [5.41, 5.74) is 0.270. The van der Waals surface area contributed by atoms with Crippen molar-refractivity contribution < 1.29 is 18.4 Å². The lowest BCUT2D eigenvalue weighted by atomic mass is 10.2. The predicted molar refractivity (Wildman–Crippen MR) is 77.6 cm³/mol. The molecule has 6 nitrogen and oxygen atoms in total. The Morgan fingerprint density at radius 3 is 2.74 bits per heavy atom. The Labute approximate surface area is 130 Å². The highest BCUT2D eigenvalue weighted by atomic mass is 19.1. The van der Waals surface area contributed by atoms with Crippen molar-refractivity contribution in [2.75, 3.05) is 11.4 Å². The third kappa shape index (κ3) is 3.20. The maximum absolute atomic E-state index is 13.8. The highest BCUT2D eigenvalue weighted by Crippen LogP contribution is 2.27. The minimum absolute atomic E-state index is 0.00247. The zero-order chi connectivity index (χ0) is 16.4. The third-order valence-electron chi connectivity index (χ3n) is 3.61. The first-order valence-corrected chi connectivity index (χ1v) is 7.06. The number of aromatic amines is 1. The summed E-state index contributed by atoms with van der Waals surface area (Å²) in [7, 11) is 0. The van der Waals surface area contributed by atoms with E-state index in [1.54, 1.807) is 6.07 Å². The summed E-state index contributed by atoms with van der Waals surface area (Å²) in [4.78, 5) is 25.0. The fraction of sp³-hybridized carbons (Fsp3) is 0.267. The average molecular weight is 320 g/mol. The number of hydrogen-bond acceptors (Lipinski definition) is 3. The SMILES string of the molecule is O=C(Cc1ccn[nH]1)N[C@@H]1CC(=O)N(c2c(F)cccc2F)C1. The Morgan fingerprint density at radius 2 is 2.09 bits per heavy atom. The molecular formula is C15H14F2N4O2. The molecule has 1 saturated heterocycles. The number of nitrogens with zero attached hydrogens (tertiary/aromatic N) is 2. The summed E-state index contributed by atoms with van der Waals surface area (Å²) in [6.45, 7) is 0.0331. The lowest BCUT2D eigenvalue weighted by Gasteiger charge is -2.18. The van der Waals surface area contributed by atoms with Gasteiger partial charge >= 0.3 is 0 Å². The molecule has 1 aliphatic heterocycles. The number of rotatable bonds is 4. The number of nitrogens with one attached hydrogen (secondary N) is 2. The molecule has 1 aliphatic rings. The van der Waals surface area contributed by atoms with E-state index < -0.39 is 23.6 Å². The molecule has 120 valence electrons. The van der Waals surface area contributed by atoms with Gasteiger partial charge in [-0.25, -0.2) is 8.78 Å². The Bertz CT molecular complexity index is 713. The number of anilines is 1. The second kappa shape index (κ2) is 6.15. The second-order valence-corrected chi connectivity index (χ2v) is 5.30. The summed E-state index contributed by atoms with van der Waals surface area (Å²) in [5, 5.41) is 9.10. The number of aromatic nitrogens is 2. The summed E-state index contributed by atoms with van der Waals surface area (Å²) >= 11 is 0. The highest BCUT2D eigenvalue weighted by molar-refractivity contribution is 5.97. The number of para-hydroxylation sites is 1. The Hall–Kier alpha value is -2.77. The summed E-state index contributed by atoms with van der Waals surface area (Å²) in [6, 6.07) is 4.60. The topological polar surface area (TPSA) is 78.1 Å². The molecule has 0 spiro atoms. The maximum atomic E-state index is 13.8. The molecule has 0 saturated carbocycles. The van der Waals surface area contributed by atoms with Gasteiger partial charge in [-0.15, -0.1) is 0 Å². The van der Waals surface area contributed by atoms with Crippen LogP contribution in [0, 0.1) is 11.6 Å². The molecular weight excluding hydrogens is 306 g/mol. The van der Waals surface area contributed by atoms with Crippen molar-refractivity contribution in [1.82, 2.24) is 15.5 Å². The Balaban J connectivity index is 1.67. The first kappa shape index (κ1) is 15.1. The van der Waals surface area contributed by atoms with Crippen LogP contribution in [0.1, 0.15) is 12.1 Å². The van der Waals surface area contributed by atoms with Crippen LogP contribution in [0.4, 0.5) is 14.5 Å². The monoisotopic (exact) mass is 320 g/mol. The van der Waals surface area contributed by atoms with Crippen LogP contribution in [0.25, 0.3) is 0 Å². The number of hydrogen-bond donors (Lipinski definition) is 2. The van der Waals surface area contributed by atoms with Crippen LogP contribution in [0.5, 0.6) is 0 Å². The van der Waals surface area contributed by atoms with Crippen molar-refractivity contribution in [2.24, 2.45) is 0 Å². The highest BCUT2D eigenvalue weighted by Gasteiger charge is 2.34. The van der Waals surface area contributed by atoms with Gasteiger partial charge in [0, 0.05) is 24.9 Å². The molecule has 1 aromatic carbocycles. The van der Waals surface area contributed by atoms with Crippen molar-refractivity contribution in [2.45, 2.75) is 18.9 Å². The standard InChI is InChI=1S/C15H14F2N4O2/c16-11-2-1-3-12(17)15(11)21-8-10(7-14(21)23)19-13(22)6-9-4-5-18-20-9/h1-5,10H,6-8H2,(H,18,20)(H,19,22)/t10-/m1/s1. The van der Waals surface area contributed by atoms with E-state index in [0.717, 1.165) is 17.0 Å². The minimum Gasteiger partial charge on any atom is -0.351 e. The Kier molecular flexibility index (Phi) is 4.05. The van der Waals surface area contributed by atoms with Crippen molar-refractivity contribution in [3.8, 4) is 0 Å². The van der Waals surface area contributed by atoms with Gasteiger partial charge in [-0.1, -0.05) is 6.07 Å². The molecule has 1 fully saturated rings. The zero-order valence-corrected chi connectivity index (χ0v) is 12.1. The number of halogens is 2. The summed E-state index contributed by atoms with van der Waals surface area (Å²) in [6.07, 6.45) is 1.63. The van der Waals surface area contributed by atoms with E-state index in [2.05, 4.69) is 15.5 Å². The predicted octanol–water partition coefficient (Wildman–Crippen LogP) is 1.15. The second-order valence-electron chi connectivity index (χ2n) is 5.30. The fourth-order valence-electron chi connectivity index (χ4n) is 2.60. The normalized spacial score (nSPS) is 17.6. The van der Waals surface area contributed by atoms with Crippen LogP contribution in [0.3, 0.4) is 0 Å². The number of amides is 2. The van der Waals surface area contributed by atoms with Crippen LogP contribution >= 0.6 is 0 Å². The third-order valence-corrected chi connectivity index (χ3v) is 3.61. The van der Waals surface area contributed by atoms with Crippen molar-refractivity contribution >= 4 is 17.5 Å². The number of carbonyl (C=O) groups is 2. The number of carbonyl (C=O) groups excluding carboxylic acids is 2. The van der Waals surface area contributed by atoms with E-state index in [1.165, 1.54) is 12.3 Å². The minimum atomic E-state index is -0.803. The fourth-order valence-corrected chi connectivity index (χ4v) is 2.60. The van der Waals surface area contributed by atoms with Gasteiger partial charge in [-0.05, 0) is 18.2 Å². The largest absolute Gasteiger partial charge is 0.351 e. The van der Waals surface area contributed by atoms with Crippen LogP contribution < -0.4 is 10.2 Å². The van der Waals surface area contributed by atoms with Gasteiger partial charge in [0.15, 0.2) is 0 Å². The first-order chi connectivity index (χ1) is 11.0. The first-order valence-electron chi connectivity index (χ1n) is 7.06. The molecule has 23 heavy (non-hydrogen) atoms. The zero-order valence-electron chi connectivity index (χ0n) is 12.1. The lowest BCUT2D eigenvalue weighted by Crippen LogP contribution is -2.38. The maximum Gasteiger partial charge on any atom is 0.229 e. The molecule has 1 atom stereocenters. The molecule has 0 bridgehead atoms. The van der Waals surface area contributed by atoms with Gasteiger partial charge < -0.3 is 10.2 Å². The quantitative estimate of drug-likeness (QED) is 0.887. The van der Waals surface area contributed by atoms with Crippen LogP contribution in [0.15, 0.2) is 30.5 Å². The van der Waals surface area contributed by atoms with E-state index >= 15 is 0 Å². The smallest absolute Gasteiger partial charge is 0.229 e. The van der Waals surface area contributed by atoms with Crippen molar-refractivity contribution in [3.63, 3.8) is 0 Å². The van der Waals surface area contributed by atoms with Gasteiger partial charge in [-0.2, -0.15) is 5.10 Å². The van der Waals surface area contributed by atoms with Crippen molar-refractivity contribution in [1.29, 1.82) is 0 Å². The number of benzene rings is 1. The van der Waals surface area contributed by atoms with Gasteiger partial charge in [0.05, 0.1) is 12.5 Å². The van der Waals surface area contributed by atoms with Gasteiger partial charge in [0.2, 0.25) is 11.8 Å². The van der Waals surface area contributed by atoms with Gasteiger partial charge in [0.25, 0.3) is 0 Å². The Morgan fingerprint density at radius 1 is 1.35 bits per heavy atom. The molecule has 2 aromatic rings. The van der Waals surface area contributed by atoms with Gasteiger partial charge in [0.1, 0.15) is 17.3 Å². The molecule has 1 aromatic heterocycles. The molecule has 0 unspecified atom stereocenters. The number of H-pyrrole nitrogens is 1. The summed E-state index contributed by atoms with van der Waals surface area (Å²) in [5.74, 6) is -2.32. The van der Waals surface area contributed by atoms with Gasteiger partial charge in [-0.3, -0.25) is 14.7 Å². The molecule has 2 amide bonds. The van der Waals surface area contributed by atoms with E-state index in [9.17, 15) is 18.4 Å². The molecule has 0 aliphatic carbocycles. The van der Waals surface area contributed by atoms with E-state index in [-0.39, 0.29) is 31.0 Å². The lowest BCUT2D eigenvalue weighted by molar-refractivity contribution is -0.121. The molecule has 2 heterocycles. The van der Waals surface area contributed by atoms with E-state index in [1.807, 2.05) is 0 Å². The molecule has 2 N–H and O–H groups in total. The average Bonchev–Trinajstić information content (AvgIpc) is 3.09. The molecule has 0 radical (unpaired) electrons.